The molecule has 0 saturated carbocycles. The molecular weight excluding hydrogens is 356 g/mol. The van der Waals surface area contributed by atoms with E-state index in [-0.39, 0.29) is 24.3 Å². The lowest BCUT2D eigenvalue weighted by molar-refractivity contribution is -0.123. The van der Waals surface area contributed by atoms with E-state index in [1.54, 1.807) is 48.5 Å². The first-order valence-electron chi connectivity index (χ1n) is 8.96. The minimum absolute atomic E-state index is 0.0576. The summed E-state index contributed by atoms with van der Waals surface area (Å²) >= 11 is 0. The van der Waals surface area contributed by atoms with Crippen LogP contribution in [0.3, 0.4) is 0 Å². The average Bonchev–Trinajstić information content (AvgIpc) is 2.59. The maximum absolute atomic E-state index is 12.2. The number of hydrogen-bond donors (Lipinski definition) is 4. The summed E-state index contributed by atoms with van der Waals surface area (Å²) in [4.78, 5) is 35.4. The molecule has 0 fully saturated rings. The zero-order valence-electron chi connectivity index (χ0n) is 16.6. The number of hydrogen-bond acceptors (Lipinski definition) is 4. The molecule has 0 radical (unpaired) electrons. The molecule has 148 valence electrons. The van der Waals surface area contributed by atoms with Crippen LogP contribution in [-0.2, 0) is 14.4 Å². The van der Waals surface area contributed by atoms with Crippen molar-refractivity contribution in [3.63, 3.8) is 0 Å². The SMILES string of the molecule is CC(=O)Nc1cccc(NCC(=O)Nc2cccc(NC(=O)C(C)(C)C)c2)c1. The number of benzene rings is 2. The van der Waals surface area contributed by atoms with E-state index in [0.717, 1.165) is 0 Å². The van der Waals surface area contributed by atoms with Gasteiger partial charge in [0.25, 0.3) is 0 Å². The molecule has 0 saturated heterocycles. The minimum Gasteiger partial charge on any atom is -0.376 e. The van der Waals surface area contributed by atoms with Gasteiger partial charge >= 0.3 is 0 Å². The van der Waals surface area contributed by atoms with E-state index in [1.165, 1.54) is 6.92 Å². The molecule has 0 aliphatic heterocycles. The lowest BCUT2D eigenvalue weighted by Crippen LogP contribution is -2.27. The third kappa shape index (κ3) is 6.75. The predicted octanol–water partition coefficient (Wildman–Crippen LogP) is 3.68. The molecule has 0 aliphatic carbocycles. The van der Waals surface area contributed by atoms with Crippen molar-refractivity contribution in [2.45, 2.75) is 27.7 Å². The quantitative estimate of drug-likeness (QED) is 0.612. The molecule has 0 aromatic heterocycles. The largest absolute Gasteiger partial charge is 0.376 e. The number of nitrogens with one attached hydrogen (secondary N) is 4. The monoisotopic (exact) mass is 382 g/mol. The Morgan fingerprint density at radius 3 is 1.86 bits per heavy atom. The molecule has 0 atom stereocenters. The van der Waals surface area contributed by atoms with Gasteiger partial charge in [-0.05, 0) is 36.4 Å². The Kier molecular flexibility index (Phi) is 6.76. The van der Waals surface area contributed by atoms with Gasteiger partial charge in [-0.2, -0.15) is 0 Å². The van der Waals surface area contributed by atoms with Gasteiger partial charge in [0.05, 0.1) is 6.54 Å². The highest BCUT2D eigenvalue weighted by molar-refractivity contribution is 5.97. The van der Waals surface area contributed by atoms with E-state index in [1.807, 2.05) is 20.8 Å². The zero-order chi connectivity index (χ0) is 20.7. The fourth-order valence-corrected chi connectivity index (χ4v) is 2.29. The molecule has 0 bridgehead atoms. The Labute approximate surface area is 164 Å². The third-order valence-corrected chi connectivity index (χ3v) is 3.72. The van der Waals surface area contributed by atoms with Crippen LogP contribution in [0.15, 0.2) is 48.5 Å². The summed E-state index contributed by atoms with van der Waals surface area (Å²) < 4.78 is 0. The van der Waals surface area contributed by atoms with Gasteiger partial charge in [0.2, 0.25) is 17.7 Å². The van der Waals surface area contributed by atoms with Gasteiger partial charge in [-0.3, -0.25) is 14.4 Å². The molecule has 0 heterocycles. The van der Waals surface area contributed by atoms with Gasteiger partial charge in [0.15, 0.2) is 0 Å². The van der Waals surface area contributed by atoms with Gasteiger partial charge in [0.1, 0.15) is 0 Å². The zero-order valence-corrected chi connectivity index (χ0v) is 16.6. The Bertz CT molecular complexity index is 872. The molecule has 7 heteroatoms. The Morgan fingerprint density at radius 2 is 1.29 bits per heavy atom. The second kappa shape index (κ2) is 9.03. The summed E-state index contributed by atoms with van der Waals surface area (Å²) in [5.74, 6) is -0.491. The van der Waals surface area contributed by atoms with Crippen LogP contribution in [0.5, 0.6) is 0 Å². The molecule has 2 aromatic carbocycles. The first kappa shape index (κ1) is 21.0. The molecule has 2 aromatic rings. The van der Waals surface area contributed by atoms with E-state index in [0.29, 0.717) is 22.7 Å². The maximum atomic E-state index is 12.2. The van der Waals surface area contributed by atoms with Crippen LogP contribution < -0.4 is 21.3 Å². The highest BCUT2D eigenvalue weighted by Crippen LogP contribution is 2.20. The fraction of sp³-hybridized carbons (Fsp3) is 0.286. The Hall–Kier alpha value is -3.35. The number of carbonyl (C=O) groups is 3. The van der Waals surface area contributed by atoms with Crippen molar-refractivity contribution in [2.75, 3.05) is 27.8 Å². The van der Waals surface area contributed by atoms with Gasteiger partial charge in [-0.15, -0.1) is 0 Å². The summed E-state index contributed by atoms with van der Waals surface area (Å²) in [6, 6.07) is 14.1. The fourth-order valence-electron chi connectivity index (χ4n) is 2.29. The van der Waals surface area contributed by atoms with Gasteiger partial charge in [0, 0.05) is 35.1 Å². The number of amides is 3. The molecule has 3 amide bonds. The summed E-state index contributed by atoms with van der Waals surface area (Å²) in [5, 5.41) is 11.3. The van der Waals surface area contributed by atoms with Crippen LogP contribution in [0.25, 0.3) is 0 Å². The van der Waals surface area contributed by atoms with Crippen LogP contribution in [-0.4, -0.2) is 24.3 Å². The van der Waals surface area contributed by atoms with Crippen LogP contribution in [0.1, 0.15) is 27.7 Å². The van der Waals surface area contributed by atoms with Crippen molar-refractivity contribution in [3.05, 3.63) is 48.5 Å². The lowest BCUT2D eigenvalue weighted by Gasteiger charge is -2.18. The highest BCUT2D eigenvalue weighted by atomic mass is 16.2. The van der Waals surface area contributed by atoms with Crippen LogP contribution >= 0.6 is 0 Å². The van der Waals surface area contributed by atoms with E-state index in [4.69, 9.17) is 0 Å². The lowest BCUT2D eigenvalue weighted by atomic mass is 9.95. The van der Waals surface area contributed by atoms with Crippen LogP contribution in [0, 0.1) is 5.41 Å². The molecule has 7 nitrogen and oxygen atoms in total. The van der Waals surface area contributed by atoms with Crippen molar-refractivity contribution in [3.8, 4) is 0 Å². The van der Waals surface area contributed by atoms with E-state index in [9.17, 15) is 14.4 Å². The van der Waals surface area contributed by atoms with Gasteiger partial charge in [-0.1, -0.05) is 32.9 Å². The first-order chi connectivity index (χ1) is 13.1. The summed E-state index contributed by atoms with van der Waals surface area (Å²) in [5.41, 5.74) is 2.07. The Balaban J connectivity index is 1.92. The molecule has 4 N–H and O–H groups in total. The first-order valence-corrected chi connectivity index (χ1v) is 8.96. The summed E-state index contributed by atoms with van der Waals surface area (Å²) in [6.07, 6.45) is 0. The third-order valence-electron chi connectivity index (χ3n) is 3.72. The van der Waals surface area contributed by atoms with Crippen molar-refractivity contribution >= 4 is 40.5 Å². The van der Waals surface area contributed by atoms with E-state index < -0.39 is 5.41 Å². The maximum Gasteiger partial charge on any atom is 0.243 e. The minimum atomic E-state index is -0.505. The van der Waals surface area contributed by atoms with Crippen molar-refractivity contribution < 1.29 is 14.4 Å². The number of carbonyl (C=O) groups excluding carboxylic acids is 3. The highest BCUT2D eigenvalue weighted by Gasteiger charge is 2.21. The average molecular weight is 382 g/mol. The molecule has 0 aliphatic rings. The molecule has 0 unspecified atom stereocenters. The van der Waals surface area contributed by atoms with Crippen molar-refractivity contribution in [2.24, 2.45) is 5.41 Å². The molecule has 2 rings (SSSR count). The summed E-state index contributed by atoms with van der Waals surface area (Å²) in [7, 11) is 0. The molecular formula is C21H26N4O3. The second-order valence-electron chi connectivity index (χ2n) is 7.45. The number of anilines is 4. The smallest absolute Gasteiger partial charge is 0.243 e. The molecule has 28 heavy (non-hydrogen) atoms. The molecule has 0 spiro atoms. The number of rotatable bonds is 6. The normalized spacial score (nSPS) is 10.7. The summed E-state index contributed by atoms with van der Waals surface area (Å²) in [6.45, 7) is 7.00. The Morgan fingerprint density at radius 1 is 0.786 bits per heavy atom. The second-order valence-corrected chi connectivity index (χ2v) is 7.45. The predicted molar refractivity (Wildman–Crippen MR) is 112 cm³/mol. The van der Waals surface area contributed by atoms with Crippen molar-refractivity contribution in [1.82, 2.24) is 0 Å². The topological polar surface area (TPSA) is 99.3 Å². The van der Waals surface area contributed by atoms with Crippen molar-refractivity contribution in [1.29, 1.82) is 0 Å². The van der Waals surface area contributed by atoms with Crippen LogP contribution in [0.2, 0.25) is 0 Å². The van der Waals surface area contributed by atoms with E-state index in [2.05, 4.69) is 21.3 Å². The van der Waals surface area contributed by atoms with Crippen LogP contribution in [0.4, 0.5) is 22.7 Å². The van der Waals surface area contributed by atoms with Gasteiger partial charge < -0.3 is 21.3 Å². The van der Waals surface area contributed by atoms with E-state index >= 15 is 0 Å². The standard InChI is InChI=1S/C21H26N4O3/c1-14(26)23-16-8-5-7-15(11-16)22-13-19(27)24-17-9-6-10-18(12-17)25-20(28)21(2,3)4/h5-12,22H,13H2,1-4H3,(H,23,26)(H,24,27)(H,25,28). The van der Waals surface area contributed by atoms with Gasteiger partial charge in [-0.25, -0.2) is 0 Å².